The molecular formula is C16H27N3O3. The molecule has 22 heavy (non-hydrogen) atoms. The van der Waals surface area contributed by atoms with E-state index in [9.17, 15) is 9.90 Å². The van der Waals surface area contributed by atoms with Gasteiger partial charge in [-0.05, 0) is 44.0 Å². The molecule has 0 aliphatic carbocycles. The molecule has 3 N–H and O–H groups in total. The molecule has 6 nitrogen and oxygen atoms in total. The molecule has 2 rings (SSSR count). The van der Waals surface area contributed by atoms with Crippen LogP contribution in [0, 0.1) is 5.92 Å². The van der Waals surface area contributed by atoms with Crippen molar-refractivity contribution in [2.24, 2.45) is 5.92 Å². The van der Waals surface area contributed by atoms with Crippen molar-refractivity contribution in [2.45, 2.75) is 32.3 Å². The molecule has 1 saturated heterocycles. The van der Waals surface area contributed by atoms with Gasteiger partial charge in [0.2, 0.25) is 0 Å². The summed E-state index contributed by atoms with van der Waals surface area (Å²) >= 11 is 0. The number of nitrogens with one attached hydrogen (secondary N) is 2. The van der Waals surface area contributed by atoms with E-state index in [1.807, 2.05) is 0 Å². The van der Waals surface area contributed by atoms with Gasteiger partial charge in [-0.1, -0.05) is 13.3 Å². The van der Waals surface area contributed by atoms with Crippen LogP contribution in [0.25, 0.3) is 0 Å². The van der Waals surface area contributed by atoms with Crippen molar-refractivity contribution >= 4 is 6.03 Å². The van der Waals surface area contributed by atoms with Crippen LogP contribution in [-0.4, -0.2) is 48.8 Å². The number of carbonyl (C=O) groups excluding carboxylic acids is 1. The van der Waals surface area contributed by atoms with Gasteiger partial charge in [0, 0.05) is 13.1 Å². The molecule has 1 fully saturated rings. The summed E-state index contributed by atoms with van der Waals surface area (Å²) in [7, 11) is 0. The van der Waals surface area contributed by atoms with Gasteiger partial charge in [0.05, 0.1) is 12.8 Å². The molecule has 2 amide bonds. The van der Waals surface area contributed by atoms with Crippen molar-refractivity contribution in [3.63, 3.8) is 0 Å². The minimum absolute atomic E-state index is 0.139. The SMILES string of the molecule is CC(CNC(=O)NCC(O)c1ccco1)CN1CCCCC1. The Morgan fingerprint density at radius 3 is 2.73 bits per heavy atom. The minimum Gasteiger partial charge on any atom is -0.467 e. The molecule has 2 unspecified atom stereocenters. The lowest BCUT2D eigenvalue weighted by Gasteiger charge is -2.29. The van der Waals surface area contributed by atoms with Crippen LogP contribution in [0.3, 0.4) is 0 Å². The number of amides is 2. The first kappa shape index (κ1) is 16.8. The standard InChI is InChI=1S/C16H27N3O3/c1-13(12-19-7-3-2-4-8-19)10-17-16(21)18-11-14(20)15-6-5-9-22-15/h5-6,9,13-14,20H,2-4,7-8,10-12H2,1H3,(H2,17,18,21). The zero-order valence-electron chi connectivity index (χ0n) is 13.3. The molecule has 1 aromatic heterocycles. The lowest BCUT2D eigenvalue weighted by molar-refractivity contribution is 0.147. The maximum Gasteiger partial charge on any atom is 0.314 e. The summed E-state index contributed by atoms with van der Waals surface area (Å²) in [5.74, 6) is 0.873. The van der Waals surface area contributed by atoms with Crippen molar-refractivity contribution in [3.8, 4) is 0 Å². The zero-order chi connectivity index (χ0) is 15.8. The Kier molecular flexibility index (Phi) is 6.74. The number of likely N-dealkylation sites (tertiary alicyclic amines) is 1. The van der Waals surface area contributed by atoms with Gasteiger partial charge in [0.1, 0.15) is 11.9 Å². The van der Waals surface area contributed by atoms with Gasteiger partial charge >= 0.3 is 6.03 Å². The van der Waals surface area contributed by atoms with E-state index in [0.29, 0.717) is 18.2 Å². The van der Waals surface area contributed by atoms with Gasteiger partial charge in [0.15, 0.2) is 0 Å². The molecule has 1 aliphatic rings. The molecule has 1 aromatic rings. The molecule has 2 atom stereocenters. The van der Waals surface area contributed by atoms with Gasteiger partial charge in [-0.2, -0.15) is 0 Å². The van der Waals surface area contributed by atoms with Crippen molar-refractivity contribution in [1.29, 1.82) is 0 Å². The van der Waals surface area contributed by atoms with Gasteiger partial charge in [-0.3, -0.25) is 0 Å². The van der Waals surface area contributed by atoms with Crippen LogP contribution in [-0.2, 0) is 0 Å². The van der Waals surface area contributed by atoms with E-state index in [4.69, 9.17) is 4.42 Å². The number of nitrogens with zero attached hydrogens (tertiary/aromatic N) is 1. The van der Waals surface area contributed by atoms with Crippen molar-refractivity contribution < 1.29 is 14.3 Å². The Morgan fingerprint density at radius 2 is 2.05 bits per heavy atom. The highest BCUT2D eigenvalue weighted by atomic mass is 16.4. The number of hydrogen-bond acceptors (Lipinski definition) is 4. The van der Waals surface area contributed by atoms with Gasteiger partial charge in [0.25, 0.3) is 0 Å². The largest absolute Gasteiger partial charge is 0.467 e. The molecule has 6 heteroatoms. The normalized spacial score (nSPS) is 18.6. The monoisotopic (exact) mass is 309 g/mol. The fourth-order valence-electron chi connectivity index (χ4n) is 2.75. The van der Waals surface area contributed by atoms with Crippen LogP contribution in [0.1, 0.15) is 38.1 Å². The molecule has 0 bridgehead atoms. The highest BCUT2D eigenvalue weighted by Crippen LogP contribution is 2.12. The topological polar surface area (TPSA) is 77.7 Å². The first-order chi connectivity index (χ1) is 10.6. The predicted octanol–water partition coefficient (Wildman–Crippen LogP) is 1.73. The predicted molar refractivity (Wildman–Crippen MR) is 84.5 cm³/mol. The van der Waals surface area contributed by atoms with Crippen LogP contribution in [0.5, 0.6) is 0 Å². The van der Waals surface area contributed by atoms with Gasteiger partial charge in [-0.25, -0.2) is 4.79 Å². The van der Waals surface area contributed by atoms with E-state index in [1.165, 1.54) is 38.6 Å². The Hall–Kier alpha value is -1.53. The fraction of sp³-hybridized carbons (Fsp3) is 0.688. The summed E-state index contributed by atoms with van der Waals surface area (Å²) in [6.45, 7) is 6.29. The first-order valence-electron chi connectivity index (χ1n) is 8.10. The summed E-state index contributed by atoms with van der Waals surface area (Å²) in [5.41, 5.74) is 0. The maximum absolute atomic E-state index is 11.7. The number of urea groups is 1. The molecule has 0 aromatic carbocycles. The van der Waals surface area contributed by atoms with Crippen molar-refractivity contribution in [3.05, 3.63) is 24.2 Å². The number of carbonyl (C=O) groups is 1. The summed E-state index contributed by atoms with van der Waals surface area (Å²) in [6, 6.07) is 3.14. The molecule has 0 radical (unpaired) electrons. The summed E-state index contributed by atoms with van der Waals surface area (Å²) in [4.78, 5) is 14.2. The zero-order valence-corrected chi connectivity index (χ0v) is 13.3. The number of aliphatic hydroxyl groups excluding tert-OH is 1. The molecule has 0 spiro atoms. The van der Waals surface area contributed by atoms with E-state index in [1.54, 1.807) is 12.1 Å². The van der Waals surface area contributed by atoms with Crippen molar-refractivity contribution in [2.75, 3.05) is 32.7 Å². The van der Waals surface area contributed by atoms with Gasteiger partial charge < -0.3 is 25.1 Å². The molecule has 124 valence electrons. The van der Waals surface area contributed by atoms with Crippen molar-refractivity contribution in [1.82, 2.24) is 15.5 Å². The highest BCUT2D eigenvalue weighted by Gasteiger charge is 2.15. The number of rotatable bonds is 7. The average molecular weight is 309 g/mol. The molecule has 1 aliphatic heterocycles. The average Bonchev–Trinajstić information content (AvgIpc) is 3.06. The summed E-state index contributed by atoms with van der Waals surface area (Å²) in [6.07, 6.45) is 4.59. The number of piperidine rings is 1. The third kappa shape index (κ3) is 5.69. The van der Waals surface area contributed by atoms with Gasteiger partial charge in [-0.15, -0.1) is 0 Å². The van der Waals surface area contributed by atoms with E-state index in [2.05, 4.69) is 22.5 Å². The van der Waals surface area contributed by atoms with Crippen LogP contribution in [0.4, 0.5) is 4.79 Å². The second-order valence-electron chi connectivity index (χ2n) is 6.09. The minimum atomic E-state index is -0.813. The quantitative estimate of drug-likeness (QED) is 0.717. The molecule has 0 saturated carbocycles. The third-order valence-electron chi connectivity index (χ3n) is 3.96. The Labute approximate surface area is 131 Å². The number of hydrogen-bond donors (Lipinski definition) is 3. The van der Waals surface area contributed by atoms with E-state index < -0.39 is 6.10 Å². The van der Waals surface area contributed by atoms with E-state index in [-0.39, 0.29) is 12.6 Å². The third-order valence-corrected chi connectivity index (χ3v) is 3.96. The van der Waals surface area contributed by atoms with Crippen LogP contribution in [0.2, 0.25) is 0 Å². The Morgan fingerprint density at radius 1 is 1.32 bits per heavy atom. The maximum atomic E-state index is 11.7. The summed E-state index contributed by atoms with van der Waals surface area (Å²) in [5, 5.41) is 15.3. The van der Waals surface area contributed by atoms with Crippen LogP contribution in [0.15, 0.2) is 22.8 Å². The highest BCUT2D eigenvalue weighted by molar-refractivity contribution is 5.73. The lowest BCUT2D eigenvalue weighted by Crippen LogP contribution is -2.42. The molecular weight excluding hydrogens is 282 g/mol. The Bertz CT molecular complexity index is 430. The number of furan rings is 1. The second-order valence-corrected chi connectivity index (χ2v) is 6.09. The van der Waals surface area contributed by atoms with E-state index in [0.717, 1.165) is 6.54 Å². The first-order valence-corrected chi connectivity index (χ1v) is 8.10. The number of aliphatic hydroxyl groups is 1. The fourth-order valence-corrected chi connectivity index (χ4v) is 2.75. The van der Waals surface area contributed by atoms with Crippen LogP contribution < -0.4 is 10.6 Å². The molecule has 2 heterocycles. The van der Waals surface area contributed by atoms with E-state index >= 15 is 0 Å². The van der Waals surface area contributed by atoms with Crippen LogP contribution >= 0.6 is 0 Å². The Balaban J connectivity index is 1.58. The smallest absolute Gasteiger partial charge is 0.314 e. The lowest BCUT2D eigenvalue weighted by atomic mass is 10.1. The summed E-state index contributed by atoms with van der Waals surface area (Å²) < 4.78 is 5.08. The second kappa shape index (κ2) is 8.80.